The van der Waals surface area contributed by atoms with Crippen LogP contribution in [0.3, 0.4) is 0 Å². The van der Waals surface area contributed by atoms with Gasteiger partial charge in [0.1, 0.15) is 11.5 Å². The highest BCUT2D eigenvalue weighted by molar-refractivity contribution is 5.05. The van der Waals surface area contributed by atoms with Gasteiger partial charge in [0.05, 0.1) is 6.54 Å². The summed E-state index contributed by atoms with van der Waals surface area (Å²) in [7, 11) is 0. The smallest absolute Gasteiger partial charge is 0.117 e. The molecule has 0 bridgehead atoms. The predicted molar refractivity (Wildman–Crippen MR) is 50.0 cm³/mol. The molecule has 0 aliphatic heterocycles. The Hall–Kier alpha value is -1.02. The van der Waals surface area contributed by atoms with Gasteiger partial charge in [0.15, 0.2) is 0 Å². The molecule has 0 aliphatic carbocycles. The number of hydrogen-bond acceptors (Lipinski definition) is 2. The zero-order valence-corrected chi connectivity index (χ0v) is 7.47. The fourth-order valence-electron chi connectivity index (χ4n) is 0.996. The van der Waals surface area contributed by atoms with Crippen LogP contribution in [0, 0.1) is 6.92 Å². The molecule has 0 amide bonds. The molecule has 66 valence electrons. The molecule has 2 heteroatoms. The second-order valence-electron chi connectivity index (χ2n) is 2.77. The molecule has 0 aromatic carbocycles. The molecule has 0 radical (unpaired) electrons. The van der Waals surface area contributed by atoms with Crippen molar-refractivity contribution in [3.63, 3.8) is 0 Å². The molecular formula is C10H15NO. The van der Waals surface area contributed by atoms with Gasteiger partial charge in [0.2, 0.25) is 0 Å². The molecule has 1 rings (SSSR count). The number of furan rings is 1. The molecule has 0 saturated carbocycles. The monoisotopic (exact) mass is 165 g/mol. The Kier molecular flexibility index (Phi) is 3.61. The maximum absolute atomic E-state index is 5.38. The Balaban J connectivity index is 2.19. The molecule has 2 nitrogen and oxygen atoms in total. The fraction of sp³-hybridized carbons (Fsp3) is 0.400. The normalized spacial score (nSPS) is 10.1. The lowest BCUT2D eigenvalue weighted by atomic mass is 10.4. The van der Waals surface area contributed by atoms with Crippen molar-refractivity contribution in [2.45, 2.75) is 19.9 Å². The highest BCUT2D eigenvalue weighted by Gasteiger charge is 1.95. The lowest BCUT2D eigenvalue weighted by Gasteiger charge is -1.98. The summed E-state index contributed by atoms with van der Waals surface area (Å²) in [6.07, 6.45) is 2.90. The van der Waals surface area contributed by atoms with E-state index in [1.165, 1.54) is 0 Å². The summed E-state index contributed by atoms with van der Waals surface area (Å²) in [5, 5.41) is 3.25. The van der Waals surface area contributed by atoms with Gasteiger partial charge in [-0.25, -0.2) is 0 Å². The van der Waals surface area contributed by atoms with Crippen LogP contribution in [-0.2, 0) is 6.54 Å². The van der Waals surface area contributed by atoms with E-state index < -0.39 is 0 Å². The van der Waals surface area contributed by atoms with Crippen molar-refractivity contribution >= 4 is 0 Å². The van der Waals surface area contributed by atoms with Crippen LogP contribution in [0.4, 0.5) is 0 Å². The Bertz CT molecular complexity index is 240. The fourth-order valence-corrected chi connectivity index (χ4v) is 0.996. The first-order chi connectivity index (χ1) is 5.83. The minimum Gasteiger partial charge on any atom is -0.465 e. The Morgan fingerprint density at radius 2 is 2.42 bits per heavy atom. The van der Waals surface area contributed by atoms with Crippen LogP contribution in [0.25, 0.3) is 0 Å². The van der Waals surface area contributed by atoms with E-state index >= 15 is 0 Å². The third-order valence-corrected chi connectivity index (χ3v) is 1.62. The standard InChI is InChI=1S/C10H15NO/c1-3-4-7-11-8-10-6-5-9(2)12-10/h3,5-6,11H,1,4,7-8H2,2H3. The van der Waals surface area contributed by atoms with Crippen molar-refractivity contribution in [2.24, 2.45) is 0 Å². The van der Waals surface area contributed by atoms with Crippen LogP contribution in [0.2, 0.25) is 0 Å². The van der Waals surface area contributed by atoms with Gasteiger partial charge in [-0.05, 0) is 32.0 Å². The molecule has 0 spiro atoms. The van der Waals surface area contributed by atoms with E-state index in [2.05, 4.69) is 11.9 Å². The van der Waals surface area contributed by atoms with Crippen molar-refractivity contribution in [2.75, 3.05) is 6.54 Å². The summed E-state index contributed by atoms with van der Waals surface area (Å²) in [6, 6.07) is 3.97. The molecule has 12 heavy (non-hydrogen) atoms. The van der Waals surface area contributed by atoms with Crippen LogP contribution >= 0.6 is 0 Å². The first-order valence-electron chi connectivity index (χ1n) is 4.20. The van der Waals surface area contributed by atoms with Crippen molar-refractivity contribution in [1.29, 1.82) is 0 Å². The van der Waals surface area contributed by atoms with Crippen molar-refractivity contribution in [3.8, 4) is 0 Å². The van der Waals surface area contributed by atoms with Gasteiger partial charge in [0.25, 0.3) is 0 Å². The number of aryl methyl sites for hydroxylation is 1. The van der Waals surface area contributed by atoms with Crippen LogP contribution < -0.4 is 5.32 Å². The lowest BCUT2D eigenvalue weighted by molar-refractivity contribution is 0.463. The number of rotatable bonds is 5. The van der Waals surface area contributed by atoms with Crippen LogP contribution in [0.1, 0.15) is 17.9 Å². The third-order valence-electron chi connectivity index (χ3n) is 1.62. The number of hydrogen-bond donors (Lipinski definition) is 1. The Morgan fingerprint density at radius 1 is 1.58 bits per heavy atom. The first-order valence-corrected chi connectivity index (χ1v) is 4.20. The Labute approximate surface area is 73.3 Å². The Morgan fingerprint density at radius 3 is 3.00 bits per heavy atom. The molecule has 0 aliphatic rings. The van der Waals surface area contributed by atoms with E-state index in [1.54, 1.807) is 0 Å². The van der Waals surface area contributed by atoms with Crippen LogP contribution in [0.5, 0.6) is 0 Å². The largest absolute Gasteiger partial charge is 0.465 e. The van der Waals surface area contributed by atoms with E-state index in [-0.39, 0.29) is 0 Å². The second-order valence-corrected chi connectivity index (χ2v) is 2.77. The molecule has 1 N–H and O–H groups in total. The summed E-state index contributed by atoms with van der Waals surface area (Å²) in [6.45, 7) is 7.37. The molecule has 1 aromatic heterocycles. The topological polar surface area (TPSA) is 25.2 Å². The molecule has 0 saturated heterocycles. The third kappa shape index (κ3) is 2.93. The van der Waals surface area contributed by atoms with E-state index in [4.69, 9.17) is 4.42 Å². The zero-order chi connectivity index (χ0) is 8.81. The highest BCUT2D eigenvalue weighted by atomic mass is 16.3. The van der Waals surface area contributed by atoms with Gasteiger partial charge >= 0.3 is 0 Å². The van der Waals surface area contributed by atoms with Gasteiger partial charge in [-0.1, -0.05) is 6.08 Å². The average Bonchev–Trinajstić information content (AvgIpc) is 2.45. The predicted octanol–water partition coefficient (Wildman–Crippen LogP) is 2.25. The van der Waals surface area contributed by atoms with Crippen molar-refractivity contribution in [3.05, 3.63) is 36.3 Å². The maximum Gasteiger partial charge on any atom is 0.117 e. The molecule has 1 heterocycles. The van der Waals surface area contributed by atoms with Crippen LogP contribution in [0.15, 0.2) is 29.2 Å². The van der Waals surface area contributed by atoms with Crippen molar-refractivity contribution < 1.29 is 4.42 Å². The summed E-state index contributed by atoms with van der Waals surface area (Å²) >= 11 is 0. The van der Waals surface area contributed by atoms with Crippen LogP contribution in [-0.4, -0.2) is 6.54 Å². The van der Waals surface area contributed by atoms with E-state index in [9.17, 15) is 0 Å². The van der Waals surface area contributed by atoms with Gasteiger partial charge in [0, 0.05) is 0 Å². The van der Waals surface area contributed by atoms with E-state index in [0.717, 1.165) is 31.0 Å². The molecular weight excluding hydrogens is 150 g/mol. The maximum atomic E-state index is 5.38. The highest BCUT2D eigenvalue weighted by Crippen LogP contribution is 2.04. The average molecular weight is 165 g/mol. The van der Waals surface area contributed by atoms with Gasteiger partial charge in [-0.15, -0.1) is 6.58 Å². The first kappa shape index (κ1) is 9.07. The van der Waals surface area contributed by atoms with Gasteiger partial charge in [-0.2, -0.15) is 0 Å². The van der Waals surface area contributed by atoms with E-state index in [1.807, 2.05) is 25.1 Å². The quantitative estimate of drug-likeness (QED) is 0.534. The number of nitrogens with one attached hydrogen (secondary N) is 1. The SMILES string of the molecule is C=CCCNCc1ccc(C)o1. The zero-order valence-electron chi connectivity index (χ0n) is 7.47. The summed E-state index contributed by atoms with van der Waals surface area (Å²) in [5.74, 6) is 1.96. The van der Waals surface area contributed by atoms with Gasteiger partial charge < -0.3 is 9.73 Å². The minimum absolute atomic E-state index is 0.807. The minimum atomic E-state index is 0.807. The molecule has 0 unspecified atom stereocenters. The molecule has 1 aromatic rings. The summed E-state index contributed by atoms with van der Waals surface area (Å²) < 4.78 is 5.38. The summed E-state index contributed by atoms with van der Waals surface area (Å²) in [5.41, 5.74) is 0. The molecule has 0 fully saturated rings. The van der Waals surface area contributed by atoms with Crippen molar-refractivity contribution in [1.82, 2.24) is 5.32 Å². The van der Waals surface area contributed by atoms with E-state index in [0.29, 0.717) is 0 Å². The van der Waals surface area contributed by atoms with Gasteiger partial charge in [-0.3, -0.25) is 0 Å². The molecule has 0 atom stereocenters. The lowest BCUT2D eigenvalue weighted by Crippen LogP contribution is -2.13. The summed E-state index contributed by atoms with van der Waals surface area (Å²) in [4.78, 5) is 0. The second kappa shape index (κ2) is 4.78.